The molecule has 0 spiro atoms. The zero-order valence-electron chi connectivity index (χ0n) is 14.9. The molecule has 0 bridgehead atoms. The molecule has 1 aliphatic heterocycles. The van der Waals surface area contributed by atoms with E-state index >= 15 is 0 Å². The first-order chi connectivity index (χ1) is 13.0. The third-order valence-corrected chi connectivity index (χ3v) is 5.63. The lowest BCUT2D eigenvalue weighted by atomic mass is 9.90. The Morgan fingerprint density at radius 2 is 1.81 bits per heavy atom. The lowest BCUT2D eigenvalue weighted by Gasteiger charge is -2.32. The van der Waals surface area contributed by atoms with E-state index in [1.807, 2.05) is 6.07 Å². The highest BCUT2D eigenvalue weighted by Crippen LogP contribution is 2.23. The summed E-state index contributed by atoms with van der Waals surface area (Å²) in [5.41, 5.74) is 1.59. The van der Waals surface area contributed by atoms with Crippen molar-refractivity contribution in [3.05, 3.63) is 69.2 Å². The van der Waals surface area contributed by atoms with Crippen molar-refractivity contribution >= 4 is 39.4 Å². The summed E-state index contributed by atoms with van der Waals surface area (Å²) < 4.78 is 5.89. The molecule has 0 radical (unpaired) electrons. The number of hydrogen-bond acceptors (Lipinski definition) is 3. The molecule has 27 heavy (non-hydrogen) atoms. The van der Waals surface area contributed by atoms with Gasteiger partial charge in [-0.15, -0.1) is 0 Å². The number of amides is 1. The van der Waals surface area contributed by atoms with E-state index in [2.05, 4.69) is 40.2 Å². The fourth-order valence-electron chi connectivity index (χ4n) is 3.28. The fourth-order valence-corrected chi connectivity index (χ4v) is 3.84. The quantitative estimate of drug-likeness (QED) is 0.618. The molecule has 0 unspecified atom stereocenters. The molecule has 1 amide bonds. The van der Waals surface area contributed by atoms with Crippen molar-refractivity contribution in [2.75, 3.05) is 19.7 Å². The molecule has 1 heterocycles. The zero-order valence-corrected chi connectivity index (χ0v) is 17.2. The van der Waals surface area contributed by atoms with Crippen molar-refractivity contribution in [1.82, 2.24) is 4.90 Å². The smallest absolute Gasteiger partial charge is 0.340 e. The molecule has 0 N–H and O–H groups in total. The number of rotatable bonds is 5. The zero-order chi connectivity index (χ0) is 19.2. The van der Waals surface area contributed by atoms with Crippen LogP contribution in [0.25, 0.3) is 0 Å². The van der Waals surface area contributed by atoms with Gasteiger partial charge in [-0.25, -0.2) is 4.79 Å². The first-order valence-corrected chi connectivity index (χ1v) is 10.1. The van der Waals surface area contributed by atoms with E-state index in [0.29, 0.717) is 24.0 Å². The van der Waals surface area contributed by atoms with Gasteiger partial charge in [-0.3, -0.25) is 4.79 Å². The van der Waals surface area contributed by atoms with Crippen LogP contribution in [0.2, 0.25) is 5.02 Å². The summed E-state index contributed by atoms with van der Waals surface area (Å²) in [5, 5.41) is 0.303. The van der Waals surface area contributed by atoms with Crippen molar-refractivity contribution in [3.8, 4) is 0 Å². The number of nitrogens with zero attached hydrogens (tertiary/aromatic N) is 1. The first kappa shape index (κ1) is 19.9. The minimum Gasteiger partial charge on any atom is -0.452 e. The molecular formula is C21H21BrClNO3. The molecule has 1 aliphatic rings. The second-order valence-electron chi connectivity index (χ2n) is 6.71. The average Bonchev–Trinajstić information content (AvgIpc) is 2.69. The van der Waals surface area contributed by atoms with Crippen LogP contribution in [0.5, 0.6) is 0 Å². The summed E-state index contributed by atoms with van der Waals surface area (Å²) in [6.45, 7) is 1.14. The number of likely N-dealkylation sites (tertiary alicyclic amines) is 1. The molecule has 2 aromatic rings. The standard InChI is InChI=1S/C21H21BrClNO3/c22-17-6-7-19(23)18(13-17)21(26)27-14-20(25)24-10-8-16(9-11-24)12-15-4-2-1-3-5-15/h1-7,13,16H,8-12,14H2. The summed E-state index contributed by atoms with van der Waals surface area (Å²) in [6, 6.07) is 15.4. The largest absolute Gasteiger partial charge is 0.452 e. The van der Waals surface area contributed by atoms with Crippen LogP contribution in [0.4, 0.5) is 0 Å². The molecule has 4 nitrogen and oxygen atoms in total. The van der Waals surface area contributed by atoms with Crippen molar-refractivity contribution in [1.29, 1.82) is 0 Å². The molecule has 0 atom stereocenters. The Labute approximate surface area is 172 Å². The Morgan fingerprint density at radius 3 is 2.52 bits per heavy atom. The first-order valence-electron chi connectivity index (χ1n) is 8.97. The van der Waals surface area contributed by atoms with E-state index in [1.54, 1.807) is 23.1 Å². The Kier molecular flexibility index (Phi) is 6.91. The number of carbonyl (C=O) groups is 2. The van der Waals surface area contributed by atoms with Gasteiger partial charge in [0.2, 0.25) is 0 Å². The number of esters is 1. The summed E-state index contributed by atoms with van der Waals surface area (Å²) in [5.74, 6) is -0.166. The minimum atomic E-state index is -0.589. The van der Waals surface area contributed by atoms with Crippen LogP contribution in [-0.2, 0) is 16.0 Å². The fraction of sp³-hybridized carbons (Fsp3) is 0.333. The van der Waals surface area contributed by atoms with Gasteiger partial charge in [-0.1, -0.05) is 57.9 Å². The molecule has 1 fully saturated rings. The summed E-state index contributed by atoms with van der Waals surface area (Å²) in [6.07, 6.45) is 2.97. The van der Waals surface area contributed by atoms with Crippen molar-refractivity contribution in [2.45, 2.75) is 19.3 Å². The number of hydrogen-bond donors (Lipinski definition) is 0. The number of benzene rings is 2. The van der Waals surface area contributed by atoms with Crippen LogP contribution in [0.1, 0.15) is 28.8 Å². The lowest BCUT2D eigenvalue weighted by molar-refractivity contribution is -0.135. The molecule has 0 aliphatic carbocycles. The third-order valence-electron chi connectivity index (χ3n) is 4.81. The van der Waals surface area contributed by atoms with Crippen molar-refractivity contribution in [2.24, 2.45) is 5.92 Å². The molecule has 3 rings (SSSR count). The Bertz CT molecular complexity index is 804. The Morgan fingerprint density at radius 1 is 1.11 bits per heavy atom. The van der Waals surface area contributed by atoms with Crippen molar-refractivity contribution in [3.63, 3.8) is 0 Å². The summed E-state index contributed by atoms with van der Waals surface area (Å²) >= 11 is 9.32. The summed E-state index contributed by atoms with van der Waals surface area (Å²) in [4.78, 5) is 26.3. The van der Waals surface area contributed by atoms with Gasteiger partial charge in [0.25, 0.3) is 5.91 Å². The lowest BCUT2D eigenvalue weighted by Crippen LogP contribution is -2.41. The average molecular weight is 451 g/mol. The highest BCUT2D eigenvalue weighted by atomic mass is 79.9. The van der Waals surface area contributed by atoms with Gasteiger partial charge in [0.15, 0.2) is 6.61 Å². The van der Waals surface area contributed by atoms with Crippen LogP contribution in [0.15, 0.2) is 53.0 Å². The normalized spacial score (nSPS) is 14.8. The topological polar surface area (TPSA) is 46.6 Å². The highest BCUT2D eigenvalue weighted by molar-refractivity contribution is 9.10. The van der Waals surface area contributed by atoms with E-state index in [-0.39, 0.29) is 18.1 Å². The van der Waals surface area contributed by atoms with Crippen LogP contribution in [0.3, 0.4) is 0 Å². The van der Waals surface area contributed by atoms with E-state index in [1.165, 1.54) is 5.56 Å². The highest BCUT2D eigenvalue weighted by Gasteiger charge is 2.24. The molecule has 2 aromatic carbocycles. The van der Waals surface area contributed by atoms with Crippen molar-refractivity contribution < 1.29 is 14.3 Å². The molecular weight excluding hydrogens is 430 g/mol. The molecule has 0 aromatic heterocycles. The van der Waals surface area contributed by atoms with E-state index < -0.39 is 5.97 Å². The van der Waals surface area contributed by atoms with Gasteiger partial charge in [-0.05, 0) is 48.9 Å². The number of carbonyl (C=O) groups excluding carboxylic acids is 2. The maximum atomic E-state index is 12.4. The van der Waals surface area contributed by atoms with E-state index in [0.717, 1.165) is 23.7 Å². The molecule has 1 saturated heterocycles. The Hall–Kier alpha value is -1.85. The summed E-state index contributed by atoms with van der Waals surface area (Å²) in [7, 11) is 0. The van der Waals surface area contributed by atoms with Crippen LogP contribution >= 0.6 is 27.5 Å². The number of ether oxygens (including phenoxy) is 1. The van der Waals surface area contributed by atoms with Crippen LogP contribution in [-0.4, -0.2) is 36.5 Å². The van der Waals surface area contributed by atoms with Crippen LogP contribution in [0, 0.1) is 5.92 Å². The maximum absolute atomic E-state index is 12.4. The van der Waals surface area contributed by atoms with Gasteiger partial charge >= 0.3 is 5.97 Å². The second kappa shape index (κ2) is 9.38. The maximum Gasteiger partial charge on any atom is 0.340 e. The third kappa shape index (κ3) is 5.56. The van der Waals surface area contributed by atoms with Gasteiger partial charge < -0.3 is 9.64 Å². The predicted molar refractivity (Wildman–Crippen MR) is 109 cm³/mol. The SMILES string of the molecule is O=C(OCC(=O)N1CCC(Cc2ccccc2)CC1)c1cc(Br)ccc1Cl. The van der Waals surface area contributed by atoms with E-state index in [9.17, 15) is 9.59 Å². The Balaban J connectivity index is 1.45. The molecule has 6 heteroatoms. The van der Waals surface area contributed by atoms with Gasteiger partial charge in [0.05, 0.1) is 10.6 Å². The minimum absolute atomic E-state index is 0.160. The second-order valence-corrected chi connectivity index (χ2v) is 8.04. The number of halogens is 2. The molecule has 0 saturated carbocycles. The number of piperidine rings is 1. The van der Waals surface area contributed by atoms with Gasteiger partial charge in [0.1, 0.15) is 0 Å². The monoisotopic (exact) mass is 449 g/mol. The molecule has 142 valence electrons. The van der Waals surface area contributed by atoms with Gasteiger partial charge in [-0.2, -0.15) is 0 Å². The predicted octanol–water partition coefficient (Wildman–Crippen LogP) is 4.74. The van der Waals surface area contributed by atoms with E-state index in [4.69, 9.17) is 16.3 Å². The van der Waals surface area contributed by atoms with Crippen LogP contribution < -0.4 is 0 Å². The van der Waals surface area contributed by atoms with Gasteiger partial charge in [0, 0.05) is 17.6 Å².